The Hall–Kier alpha value is -2.43. The Balaban J connectivity index is 1.97. The minimum Gasteiger partial charge on any atom is -0.449 e. The summed E-state index contributed by atoms with van der Waals surface area (Å²) >= 11 is 0. The third kappa shape index (κ3) is 3.89. The summed E-state index contributed by atoms with van der Waals surface area (Å²) < 4.78 is 5.46. The predicted octanol–water partition coefficient (Wildman–Crippen LogP) is 5.83. The molecule has 28 heavy (non-hydrogen) atoms. The first-order valence-corrected chi connectivity index (χ1v) is 10.5. The quantitative estimate of drug-likeness (QED) is 0.536. The zero-order valence-electron chi connectivity index (χ0n) is 16.5. The van der Waals surface area contributed by atoms with Gasteiger partial charge in [0.2, 0.25) is 0 Å². The van der Waals surface area contributed by atoms with Gasteiger partial charge in [0.15, 0.2) is 5.75 Å². The van der Waals surface area contributed by atoms with Gasteiger partial charge in [-0.1, -0.05) is 25.7 Å². The second-order valence-electron chi connectivity index (χ2n) is 8.08. The van der Waals surface area contributed by atoms with Crippen molar-refractivity contribution in [2.45, 2.75) is 77.0 Å². The van der Waals surface area contributed by atoms with Crippen molar-refractivity contribution in [3.05, 3.63) is 41.0 Å². The van der Waals surface area contributed by atoms with Crippen LogP contribution in [0.15, 0.2) is 18.3 Å². The monoisotopic (exact) mass is 380 g/mol. The van der Waals surface area contributed by atoms with Crippen LogP contribution >= 0.6 is 0 Å². The lowest BCUT2D eigenvalue weighted by Gasteiger charge is -2.26. The first-order valence-electron chi connectivity index (χ1n) is 10.5. The van der Waals surface area contributed by atoms with Crippen LogP contribution in [0.2, 0.25) is 0 Å². The molecule has 5 nitrogen and oxygen atoms in total. The van der Waals surface area contributed by atoms with E-state index < -0.39 is 6.16 Å². The Labute approximate surface area is 166 Å². The maximum Gasteiger partial charge on any atom is 0.511 e. The molecule has 0 unspecified atom stereocenters. The number of nitrogens with zero attached hydrogens (tertiary/aromatic N) is 2. The lowest BCUT2D eigenvalue weighted by molar-refractivity contribution is 0.143. The highest BCUT2D eigenvalue weighted by atomic mass is 16.7. The summed E-state index contributed by atoms with van der Waals surface area (Å²) in [6, 6.07) is 3.99. The minimum atomic E-state index is -1.26. The summed E-state index contributed by atoms with van der Waals surface area (Å²) in [5.74, 6) is 0.740. The SMILES string of the molecule is Cc1cc(-c2c3c(nc(C4CCCCC4)c2OC(=O)O)CCCCC3)ccn1. The lowest BCUT2D eigenvalue weighted by Crippen LogP contribution is -2.16. The van der Waals surface area contributed by atoms with E-state index in [1.807, 2.05) is 19.1 Å². The molecule has 2 aromatic rings. The van der Waals surface area contributed by atoms with Crippen molar-refractivity contribution in [1.29, 1.82) is 0 Å². The maximum absolute atomic E-state index is 11.6. The summed E-state index contributed by atoms with van der Waals surface area (Å²) in [4.78, 5) is 21.0. The van der Waals surface area contributed by atoms with Gasteiger partial charge in [0.25, 0.3) is 0 Å². The van der Waals surface area contributed by atoms with Gasteiger partial charge in [-0.3, -0.25) is 9.97 Å². The fraction of sp³-hybridized carbons (Fsp3) is 0.522. The highest BCUT2D eigenvalue weighted by Crippen LogP contribution is 2.45. The molecule has 0 radical (unpaired) electrons. The van der Waals surface area contributed by atoms with Crippen molar-refractivity contribution < 1.29 is 14.6 Å². The van der Waals surface area contributed by atoms with Gasteiger partial charge in [0.05, 0.1) is 5.69 Å². The summed E-state index contributed by atoms with van der Waals surface area (Å²) in [6.45, 7) is 1.96. The molecule has 2 heterocycles. The average Bonchev–Trinajstić information content (AvgIpc) is 2.93. The summed E-state index contributed by atoms with van der Waals surface area (Å²) in [6.07, 6.45) is 11.5. The third-order valence-electron chi connectivity index (χ3n) is 6.07. The molecule has 0 atom stereocenters. The van der Waals surface area contributed by atoms with Crippen LogP contribution in [0.25, 0.3) is 11.1 Å². The van der Waals surface area contributed by atoms with Crippen molar-refractivity contribution in [3.8, 4) is 16.9 Å². The number of pyridine rings is 2. The molecule has 0 spiro atoms. The van der Waals surface area contributed by atoms with Crippen LogP contribution < -0.4 is 4.74 Å². The van der Waals surface area contributed by atoms with E-state index in [4.69, 9.17) is 9.72 Å². The van der Waals surface area contributed by atoms with Crippen LogP contribution in [0.4, 0.5) is 4.79 Å². The molecule has 0 aliphatic heterocycles. The Bertz CT molecular complexity index is 872. The zero-order valence-corrected chi connectivity index (χ0v) is 16.5. The van der Waals surface area contributed by atoms with E-state index >= 15 is 0 Å². The van der Waals surface area contributed by atoms with Gasteiger partial charge in [-0.25, -0.2) is 4.79 Å². The van der Waals surface area contributed by atoms with Crippen LogP contribution in [0.5, 0.6) is 5.75 Å². The molecule has 148 valence electrons. The summed E-state index contributed by atoms with van der Waals surface area (Å²) in [5, 5.41) is 9.51. The van der Waals surface area contributed by atoms with Gasteiger partial charge in [-0.05, 0) is 68.7 Å². The molecular formula is C23H28N2O3. The van der Waals surface area contributed by atoms with Crippen LogP contribution in [0.1, 0.15) is 79.9 Å². The molecule has 2 aliphatic carbocycles. The average molecular weight is 380 g/mol. The fourth-order valence-corrected chi connectivity index (χ4v) is 4.77. The Kier molecular flexibility index (Phi) is 5.60. The molecule has 1 fully saturated rings. The van der Waals surface area contributed by atoms with Gasteiger partial charge in [-0.2, -0.15) is 0 Å². The number of hydrogen-bond donors (Lipinski definition) is 1. The molecule has 0 aromatic carbocycles. The highest BCUT2D eigenvalue weighted by Gasteiger charge is 2.29. The summed E-state index contributed by atoms with van der Waals surface area (Å²) in [5.41, 5.74) is 5.99. The van der Waals surface area contributed by atoms with E-state index in [9.17, 15) is 9.90 Å². The largest absolute Gasteiger partial charge is 0.511 e. The second-order valence-corrected chi connectivity index (χ2v) is 8.08. The van der Waals surface area contributed by atoms with E-state index in [0.717, 1.165) is 66.7 Å². The van der Waals surface area contributed by atoms with Gasteiger partial charge in [0.1, 0.15) is 0 Å². The van der Waals surface area contributed by atoms with Crippen molar-refractivity contribution in [1.82, 2.24) is 9.97 Å². The van der Waals surface area contributed by atoms with Crippen molar-refractivity contribution >= 4 is 6.16 Å². The molecule has 2 aliphatic rings. The van der Waals surface area contributed by atoms with E-state index in [0.29, 0.717) is 5.75 Å². The number of carbonyl (C=O) groups is 1. The molecule has 1 N–H and O–H groups in total. The topological polar surface area (TPSA) is 72.3 Å². The van der Waals surface area contributed by atoms with E-state index in [2.05, 4.69) is 4.98 Å². The first-order chi connectivity index (χ1) is 13.6. The number of fused-ring (bicyclic) bond motifs is 1. The number of aryl methyl sites for hydroxylation is 2. The Morgan fingerprint density at radius 1 is 1.11 bits per heavy atom. The smallest absolute Gasteiger partial charge is 0.449 e. The molecule has 0 amide bonds. The predicted molar refractivity (Wildman–Crippen MR) is 108 cm³/mol. The van der Waals surface area contributed by atoms with Crippen molar-refractivity contribution in [2.24, 2.45) is 0 Å². The summed E-state index contributed by atoms with van der Waals surface area (Å²) in [7, 11) is 0. The van der Waals surface area contributed by atoms with E-state index in [1.165, 1.54) is 31.2 Å². The van der Waals surface area contributed by atoms with Crippen LogP contribution in [-0.2, 0) is 12.8 Å². The van der Waals surface area contributed by atoms with Crippen molar-refractivity contribution in [2.75, 3.05) is 0 Å². The van der Waals surface area contributed by atoms with Gasteiger partial charge < -0.3 is 9.84 Å². The number of aromatic nitrogens is 2. The Morgan fingerprint density at radius 3 is 2.61 bits per heavy atom. The number of hydrogen-bond acceptors (Lipinski definition) is 4. The zero-order chi connectivity index (χ0) is 19.5. The van der Waals surface area contributed by atoms with E-state index in [-0.39, 0.29) is 5.92 Å². The molecule has 0 bridgehead atoms. The highest BCUT2D eigenvalue weighted by molar-refractivity contribution is 5.79. The second kappa shape index (κ2) is 8.29. The van der Waals surface area contributed by atoms with Crippen molar-refractivity contribution in [3.63, 3.8) is 0 Å². The molecule has 1 saturated carbocycles. The minimum absolute atomic E-state index is 0.276. The molecule has 4 rings (SSSR count). The van der Waals surface area contributed by atoms with Crippen LogP contribution in [-0.4, -0.2) is 21.2 Å². The lowest BCUT2D eigenvalue weighted by atomic mass is 9.84. The molecule has 0 saturated heterocycles. The number of carboxylic acid groups (broad SMARTS) is 1. The number of ether oxygens (including phenoxy) is 1. The third-order valence-corrected chi connectivity index (χ3v) is 6.07. The first kappa shape index (κ1) is 18.9. The Morgan fingerprint density at radius 2 is 1.86 bits per heavy atom. The number of rotatable bonds is 3. The molecule has 2 aromatic heterocycles. The maximum atomic E-state index is 11.6. The van der Waals surface area contributed by atoms with Crippen LogP contribution in [0, 0.1) is 6.92 Å². The van der Waals surface area contributed by atoms with E-state index in [1.54, 1.807) is 6.20 Å². The normalized spacial score (nSPS) is 17.6. The standard InChI is InChI=1S/C23H28N2O3/c1-15-14-17(12-13-24-15)20-18-10-6-3-7-11-19(18)25-21(22(20)28-23(26)27)16-8-4-2-5-9-16/h12-14,16H,2-11H2,1H3,(H,26,27). The molecule has 5 heteroatoms. The van der Waals surface area contributed by atoms with Gasteiger partial charge in [-0.15, -0.1) is 0 Å². The van der Waals surface area contributed by atoms with Gasteiger partial charge in [0, 0.05) is 29.1 Å². The van der Waals surface area contributed by atoms with Gasteiger partial charge >= 0.3 is 6.16 Å². The fourth-order valence-electron chi connectivity index (χ4n) is 4.77. The van der Waals surface area contributed by atoms with Crippen LogP contribution in [0.3, 0.4) is 0 Å². The molecular weight excluding hydrogens is 352 g/mol.